The van der Waals surface area contributed by atoms with Crippen LogP contribution in [0, 0.1) is 0 Å². The molecular formula is C15H15BrN2O3. The minimum atomic E-state index is -0.932. The van der Waals surface area contributed by atoms with Gasteiger partial charge in [-0.25, -0.2) is 4.98 Å². The van der Waals surface area contributed by atoms with Gasteiger partial charge in [0, 0.05) is 10.7 Å². The molecule has 1 aromatic carbocycles. The highest BCUT2D eigenvalue weighted by atomic mass is 79.9. The third-order valence-corrected chi connectivity index (χ3v) is 3.40. The molecule has 0 aliphatic rings. The van der Waals surface area contributed by atoms with Crippen molar-refractivity contribution in [1.29, 1.82) is 0 Å². The van der Waals surface area contributed by atoms with E-state index in [1.807, 2.05) is 31.2 Å². The van der Waals surface area contributed by atoms with Crippen molar-refractivity contribution in [2.24, 2.45) is 0 Å². The SMILES string of the molecule is CCOc1cncc(C(Cc2cccc(Br)c2)C(=O)O)n1. The summed E-state index contributed by atoms with van der Waals surface area (Å²) < 4.78 is 6.19. The maximum Gasteiger partial charge on any atom is 0.312 e. The lowest BCUT2D eigenvalue weighted by Gasteiger charge is -2.13. The molecule has 1 aromatic heterocycles. The quantitative estimate of drug-likeness (QED) is 0.866. The minimum Gasteiger partial charge on any atom is -0.481 e. The zero-order valence-corrected chi connectivity index (χ0v) is 13.1. The number of carboxylic acid groups (broad SMARTS) is 1. The molecule has 1 unspecified atom stereocenters. The lowest BCUT2D eigenvalue weighted by atomic mass is 9.96. The average molecular weight is 351 g/mol. The van der Waals surface area contributed by atoms with Crippen LogP contribution in [0.15, 0.2) is 41.1 Å². The first kappa shape index (κ1) is 15.4. The standard InChI is InChI=1S/C15H15BrN2O3/c1-2-21-14-9-17-8-13(18-14)12(15(19)20)7-10-4-3-5-11(16)6-10/h3-6,8-9,12H,2,7H2,1H3,(H,19,20). The number of halogens is 1. The number of carbonyl (C=O) groups is 1. The van der Waals surface area contributed by atoms with Gasteiger partial charge in [-0.2, -0.15) is 0 Å². The van der Waals surface area contributed by atoms with Crippen molar-refractivity contribution in [3.05, 3.63) is 52.4 Å². The number of ether oxygens (including phenoxy) is 1. The monoisotopic (exact) mass is 350 g/mol. The first-order chi connectivity index (χ1) is 10.1. The Hall–Kier alpha value is -1.95. The second-order valence-corrected chi connectivity index (χ2v) is 5.36. The topological polar surface area (TPSA) is 72.3 Å². The molecule has 6 heteroatoms. The second kappa shape index (κ2) is 7.17. The number of carboxylic acids is 1. The highest BCUT2D eigenvalue weighted by molar-refractivity contribution is 9.10. The van der Waals surface area contributed by atoms with Crippen molar-refractivity contribution in [2.45, 2.75) is 19.3 Å². The van der Waals surface area contributed by atoms with Crippen LogP contribution in [0.4, 0.5) is 0 Å². The van der Waals surface area contributed by atoms with E-state index in [0.717, 1.165) is 10.0 Å². The molecule has 0 amide bonds. The normalized spacial score (nSPS) is 11.9. The number of aliphatic carboxylic acids is 1. The van der Waals surface area contributed by atoms with E-state index in [1.54, 1.807) is 0 Å². The summed E-state index contributed by atoms with van der Waals surface area (Å²) in [6, 6.07) is 7.56. The molecule has 2 rings (SSSR count). The van der Waals surface area contributed by atoms with Gasteiger partial charge in [0.1, 0.15) is 5.92 Å². The maximum absolute atomic E-state index is 11.5. The second-order valence-electron chi connectivity index (χ2n) is 4.44. The van der Waals surface area contributed by atoms with Gasteiger partial charge < -0.3 is 9.84 Å². The molecule has 0 saturated carbocycles. The highest BCUT2D eigenvalue weighted by Crippen LogP contribution is 2.22. The van der Waals surface area contributed by atoms with Crippen molar-refractivity contribution in [3.8, 4) is 5.88 Å². The van der Waals surface area contributed by atoms with E-state index in [1.165, 1.54) is 12.4 Å². The first-order valence-electron chi connectivity index (χ1n) is 6.52. The molecule has 0 aliphatic carbocycles. The van der Waals surface area contributed by atoms with Crippen LogP contribution in [0.1, 0.15) is 24.1 Å². The van der Waals surface area contributed by atoms with Gasteiger partial charge in [0.25, 0.3) is 0 Å². The number of aromatic nitrogens is 2. The summed E-state index contributed by atoms with van der Waals surface area (Å²) in [4.78, 5) is 19.8. The Kier molecular flexibility index (Phi) is 5.27. The van der Waals surface area contributed by atoms with Gasteiger partial charge in [-0.05, 0) is 31.0 Å². The van der Waals surface area contributed by atoms with Gasteiger partial charge in [0.15, 0.2) is 0 Å². The predicted octanol–water partition coefficient (Wildman–Crippen LogP) is 3.05. The molecule has 1 N–H and O–H groups in total. The van der Waals surface area contributed by atoms with Gasteiger partial charge in [-0.3, -0.25) is 9.78 Å². The summed E-state index contributed by atoms with van der Waals surface area (Å²) in [7, 11) is 0. The van der Waals surface area contributed by atoms with Crippen LogP contribution in [-0.2, 0) is 11.2 Å². The van der Waals surface area contributed by atoms with Gasteiger partial charge >= 0.3 is 5.97 Å². The molecule has 1 atom stereocenters. The van der Waals surface area contributed by atoms with Gasteiger partial charge in [0.2, 0.25) is 5.88 Å². The predicted molar refractivity (Wildman–Crippen MR) is 81.4 cm³/mol. The Balaban J connectivity index is 2.26. The van der Waals surface area contributed by atoms with Crippen LogP contribution in [0.5, 0.6) is 5.88 Å². The number of benzene rings is 1. The van der Waals surface area contributed by atoms with Gasteiger partial charge in [-0.1, -0.05) is 28.1 Å². The fourth-order valence-corrected chi connectivity index (χ4v) is 2.41. The Bertz CT molecular complexity index is 634. The fraction of sp³-hybridized carbons (Fsp3) is 0.267. The molecule has 5 nitrogen and oxygen atoms in total. The molecule has 110 valence electrons. The molecule has 0 fully saturated rings. The largest absolute Gasteiger partial charge is 0.481 e. The van der Waals surface area contributed by atoms with Crippen molar-refractivity contribution in [2.75, 3.05) is 6.61 Å². The lowest BCUT2D eigenvalue weighted by molar-refractivity contribution is -0.138. The van der Waals surface area contributed by atoms with E-state index in [0.29, 0.717) is 24.6 Å². The number of rotatable bonds is 6. The van der Waals surface area contributed by atoms with Crippen LogP contribution >= 0.6 is 15.9 Å². The van der Waals surface area contributed by atoms with Crippen LogP contribution in [0.25, 0.3) is 0 Å². The maximum atomic E-state index is 11.5. The van der Waals surface area contributed by atoms with E-state index in [2.05, 4.69) is 25.9 Å². The Morgan fingerprint density at radius 1 is 1.43 bits per heavy atom. The molecule has 0 radical (unpaired) electrons. The summed E-state index contributed by atoms with van der Waals surface area (Å²) in [6.45, 7) is 2.30. The molecule has 0 bridgehead atoms. The number of hydrogen-bond donors (Lipinski definition) is 1. The molecule has 2 aromatic rings. The van der Waals surface area contributed by atoms with Gasteiger partial charge in [0.05, 0.1) is 18.5 Å². The van der Waals surface area contributed by atoms with Crippen molar-refractivity contribution < 1.29 is 14.6 Å². The summed E-state index contributed by atoms with van der Waals surface area (Å²) in [5, 5.41) is 9.46. The average Bonchev–Trinajstić information content (AvgIpc) is 2.45. The van der Waals surface area contributed by atoms with E-state index in [9.17, 15) is 9.90 Å². The Morgan fingerprint density at radius 3 is 2.90 bits per heavy atom. The summed E-state index contributed by atoms with van der Waals surface area (Å²) in [6.07, 6.45) is 3.29. The molecule has 21 heavy (non-hydrogen) atoms. The summed E-state index contributed by atoms with van der Waals surface area (Å²) in [5.74, 6) is -1.35. The van der Waals surface area contributed by atoms with E-state index in [-0.39, 0.29) is 0 Å². The molecule has 0 saturated heterocycles. The molecular weight excluding hydrogens is 336 g/mol. The van der Waals surface area contributed by atoms with Crippen molar-refractivity contribution in [3.63, 3.8) is 0 Å². The van der Waals surface area contributed by atoms with E-state index >= 15 is 0 Å². The minimum absolute atomic E-state index is 0.343. The lowest BCUT2D eigenvalue weighted by Crippen LogP contribution is -2.16. The van der Waals surface area contributed by atoms with Gasteiger partial charge in [-0.15, -0.1) is 0 Å². The first-order valence-corrected chi connectivity index (χ1v) is 7.31. The fourth-order valence-electron chi connectivity index (χ4n) is 1.97. The van der Waals surface area contributed by atoms with Crippen LogP contribution in [0.2, 0.25) is 0 Å². The Morgan fingerprint density at radius 2 is 2.24 bits per heavy atom. The van der Waals surface area contributed by atoms with Crippen LogP contribution in [-0.4, -0.2) is 27.7 Å². The Labute approximate surface area is 131 Å². The summed E-state index contributed by atoms with van der Waals surface area (Å²) >= 11 is 3.38. The molecule has 0 spiro atoms. The summed E-state index contributed by atoms with van der Waals surface area (Å²) in [5.41, 5.74) is 1.31. The molecule has 0 aliphatic heterocycles. The molecule has 1 heterocycles. The van der Waals surface area contributed by atoms with Crippen LogP contribution < -0.4 is 4.74 Å². The zero-order chi connectivity index (χ0) is 15.2. The number of hydrogen-bond acceptors (Lipinski definition) is 4. The number of nitrogens with zero attached hydrogens (tertiary/aromatic N) is 2. The highest BCUT2D eigenvalue weighted by Gasteiger charge is 2.23. The smallest absolute Gasteiger partial charge is 0.312 e. The third kappa shape index (κ3) is 4.26. The third-order valence-electron chi connectivity index (χ3n) is 2.91. The van der Waals surface area contributed by atoms with E-state index in [4.69, 9.17) is 4.74 Å². The van der Waals surface area contributed by atoms with Crippen LogP contribution in [0.3, 0.4) is 0 Å². The zero-order valence-electron chi connectivity index (χ0n) is 11.5. The van der Waals surface area contributed by atoms with Crippen molar-refractivity contribution in [1.82, 2.24) is 9.97 Å². The van der Waals surface area contributed by atoms with Crippen molar-refractivity contribution >= 4 is 21.9 Å². The van der Waals surface area contributed by atoms with E-state index < -0.39 is 11.9 Å².